The van der Waals surface area contributed by atoms with E-state index in [9.17, 15) is 4.79 Å². The summed E-state index contributed by atoms with van der Waals surface area (Å²) in [5.41, 5.74) is 5.06. The lowest BCUT2D eigenvalue weighted by molar-refractivity contribution is -0.110. The van der Waals surface area contributed by atoms with Gasteiger partial charge < -0.3 is 5.32 Å². The molecule has 0 radical (unpaired) electrons. The van der Waals surface area contributed by atoms with Gasteiger partial charge in [-0.3, -0.25) is 10.2 Å². The van der Waals surface area contributed by atoms with Crippen LogP contribution in [-0.4, -0.2) is 21.0 Å². The van der Waals surface area contributed by atoms with E-state index in [-0.39, 0.29) is 11.3 Å². The Morgan fingerprint density at radius 3 is 2.52 bits per heavy atom. The lowest BCUT2D eigenvalue weighted by Crippen LogP contribution is -2.45. The lowest BCUT2D eigenvalue weighted by atomic mass is 10.1. The van der Waals surface area contributed by atoms with Gasteiger partial charge in [-0.1, -0.05) is 0 Å². The zero-order chi connectivity index (χ0) is 15.0. The first-order valence-corrected chi connectivity index (χ1v) is 6.88. The van der Waals surface area contributed by atoms with Gasteiger partial charge in [-0.05, 0) is 57.2 Å². The second-order valence-corrected chi connectivity index (χ2v) is 6.10. The number of hydrogen-bond acceptors (Lipinski definition) is 4. The summed E-state index contributed by atoms with van der Waals surface area (Å²) < 4.78 is 1.91. The van der Waals surface area contributed by atoms with Crippen molar-refractivity contribution in [1.29, 1.82) is 0 Å². The molecule has 2 N–H and O–H groups in total. The molecule has 0 atom stereocenters. The molecule has 0 spiro atoms. The number of hydrogen-bond donors (Lipinski definition) is 2. The van der Waals surface area contributed by atoms with Crippen LogP contribution in [0.15, 0.2) is 42.4 Å². The molecule has 3 rings (SSSR count). The minimum Gasteiger partial charge on any atom is -0.366 e. The molecule has 21 heavy (non-hydrogen) atoms. The Bertz CT molecular complexity index is 782. The summed E-state index contributed by atoms with van der Waals surface area (Å²) in [7, 11) is 0. The van der Waals surface area contributed by atoms with E-state index in [4.69, 9.17) is 0 Å². The van der Waals surface area contributed by atoms with E-state index < -0.39 is 0 Å². The molecule has 0 saturated carbocycles. The zero-order valence-electron chi connectivity index (χ0n) is 12.3. The largest absolute Gasteiger partial charge is 0.366 e. The van der Waals surface area contributed by atoms with E-state index in [0.29, 0.717) is 0 Å². The zero-order valence-corrected chi connectivity index (χ0v) is 12.3. The van der Waals surface area contributed by atoms with E-state index in [1.165, 1.54) is 0 Å². The van der Waals surface area contributed by atoms with E-state index in [0.717, 1.165) is 22.2 Å². The number of nitrogens with one attached hydrogen (secondary N) is 2. The van der Waals surface area contributed by atoms with E-state index in [2.05, 4.69) is 36.5 Å². The molecule has 0 bridgehead atoms. The highest BCUT2D eigenvalue weighted by molar-refractivity contribution is 6.04. The molecule has 108 valence electrons. The molecule has 0 fully saturated rings. The molecule has 2 heterocycles. The minimum absolute atomic E-state index is 0.00615. The monoisotopic (exact) mass is 282 g/mol. The third kappa shape index (κ3) is 2.81. The van der Waals surface area contributed by atoms with Crippen LogP contribution < -0.4 is 21.6 Å². The topological polar surface area (TPSA) is 59.0 Å². The molecule has 2 aliphatic rings. The Morgan fingerprint density at radius 1 is 1.14 bits per heavy atom. The van der Waals surface area contributed by atoms with Crippen molar-refractivity contribution in [2.24, 2.45) is 0 Å². The van der Waals surface area contributed by atoms with Crippen molar-refractivity contribution in [3.8, 4) is 0 Å². The van der Waals surface area contributed by atoms with E-state index in [1.54, 1.807) is 18.3 Å². The average molecular weight is 282 g/mol. The predicted molar refractivity (Wildman–Crippen MR) is 83.0 cm³/mol. The fourth-order valence-electron chi connectivity index (χ4n) is 2.22. The van der Waals surface area contributed by atoms with Crippen molar-refractivity contribution >= 4 is 17.4 Å². The quantitative estimate of drug-likeness (QED) is 0.777. The fourth-order valence-corrected chi connectivity index (χ4v) is 2.22. The number of aromatic nitrogens is 2. The lowest BCUT2D eigenvalue weighted by Gasteiger charge is -2.26. The van der Waals surface area contributed by atoms with Crippen LogP contribution in [0, 0.1) is 0 Å². The first kappa shape index (κ1) is 13.4. The molecule has 1 aliphatic heterocycles. The number of carbonyl (C=O) groups excluding carboxylic acids is 1. The molecule has 0 unspecified atom stereocenters. The Morgan fingerprint density at radius 2 is 1.86 bits per heavy atom. The van der Waals surface area contributed by atoms with Gasteiger partial charge >= 0.3 is 0 Å². The Labute approximate surface area is 123 Å². The molecular weight excluding hydrogens is 264 g/mol. The summed E-state index contributed by atoms with van der Waals surface area (Å²) in [6.45, 7) is 6.31. The maximum Gasteiger partial charge on any atom is 0.178 e. The summed E-state index contributed by atoms with van der Waals surface area (Å²) in [6.07, 6.45) is 12.5. The highest BCUT2D eigenvalue weighted by Crippen LogP contribution is 2.06. The molecule has 0 amide bonds. The predicted octanol–water partition coefficient (Wildman–Crippen LogP) is 0.296. The van der Waals surface area contributed by atoms with Crippen molar-refractivity contribution in [3.05, 3.63) is 53.2 Å². The summed E-state index contributed by atoms with van der Waals surface area (Å²) in [5, 5.41) is 4.32. The summed E-state index contributed by atoms with van der Waals surface area (Å²) in [6, 6.07) is 0. The molecule has 5 nitrogen and oxygen atoms in total. The second kappa shape index (κ2) is 4.77. The number of imidazole rings is 1. The third-order valence-electron chi connectivity index (χ3n) is 3.08. The number of rotatable bonds is 1. The molecule has 5 heteroatoms. The van der Waals surface area contributed by atoms with E-state index >= 15 is 0 Å². The minimum atomic E-state index is -0.0326. The molecular formula is C16H18N4O. The first-order chi connectivity index (χ1) is 9.92. The summed E-state index contributed by atoms with van der Waals surface area (Å²) in [4.78, 5) is 15.6. The Balaban J connectivity index is 2.01. The highest BCUT2D eigenvalue weighted by atomic mass is 16.1. The van der Waals surface area contributed by atoms with Crippen molar-refractivity contribution < 1.29 is 4.79 Å². The van der Waals surface area contributed by atoms with Gasteiger partial charge in [-0.25, -0.2) is 9.66 Å². The maximum absolute atomic E-state index is 11.2. The normalized spacial score (nSPS) is 17.0. The Kier molecular flexibility index (Phi) is 3.05. The van der Waals surface area contributed by atoms with Crippen molar-refractivity contribution in [3.63, 3.8) is 0 Å². The van der Waals surface area contributed by atoms with Crippen LogP contribution in [0.25, 0.3) is 11.6 Å². The van der Waals surface area contributed by atoms with Gasteiger partial charge in [0.05, 0.1) is 11.5 Å². The van der Waals surface area contributed by atoms with Crippen LogP contribution in [0.3, 0.4) is 0 Å². The molecule has 0 aromatic carbocycles. The number of ketones is 1. The van der Waals surface area contributed by atoms with Crippen LogP contribution in [0.1, 0.15) is 20.8 Å². The number of allylic oxidation sites excluding steroid dienone is 5. The smallest absolute Gasteiger partial charge is 0.178 e. The van der Waals surface area contributed by atoms with E-state index in [1.807, 2.05) is 29.0 Å². The van der Waals surface area contributed by atoms with Gasteiger partial charge in [-0.2, -0.15) is 0 Å². The van der Waals surface area contributed by atoms with Crippen molar-refractivity contribution in [1.82, 2.24) is 15.0 Å². The van der Waals surface area contributed by atoms with Crippen molar-refractivity contribution in [2.75, 3.05) is 5.43 Å². The highest BCUT2D eigenvalue weighted by Gasteiger charge is 2.14. The molecule has 1 aromatic rings. The number of fused-ring (bicyclic) bond motifs is 1. The third-order valence-corrected chi connectivity index (χ3v) is 3.08. The molecule has 1 aromatic heterocycles. The molecule has 1 aliphatic carbocycles. The van der Waals surface area contributed by atoms with Gasteiger partial charge in [0.2, 0.25) is 0 Å². The average Bonchev–Trinajstić information content (AvgIpc) is 2.81. The van der Waals surface area contributed by atoms with Crippen LogP contribution >= 0.6 is 0 Å². The Hall–Kier alpha value is -2.56. The fraction of sp³-hybridized carbons (Fsp3) is 0.250. The standard InChI is InChI=1S/C16H18N4O/c1-16(2,3)18-14-8-9-15-17-10-13(20(15)19-14)11-4-6-12(21)7-5-11/h4-10,18-19H,1-3H3. The van der Waals surface area contributed by atoms with Crippen LogP contribution in [-0.2, 0) is 4.79 Å². The van der Waals surface area contributed by atoms with Gasteiger partial charge in [0.25, 0.3) is 0 Å². The van der Waals surface area contributed by atoms with Crippen LogP contribution in [0.4, 0.5) is 0 Å². The molecule has 0 saturated heterocycles. The van der Waals surface area contributed by atoms with Gasteiger partial charge in [0.1, 0.15) is 5.82 Å². The summed E-state index contributed by atoms with van der Waals surface area (Å²) in [5.74, 6) is 0.918. The number of nitrogens with zero attached hydrogens (tertiary/aromatic N) is 2. The van der Waals surface area contributed by atoms with Crippen LogP contribution in [0.5, 0.6) is 0 Å². The van der Waals surface area contributed by atoms with Gasteiger partial charge in [0, 0.05) is 11.1 Å². The van der Waals surface area contributed by atoms with Gasteiger partial charge in [-0.15, -0.1) is 0 Å². The SMILES string of the molecule is CC(C)(C)NC1=CC=c2ncc(=C3C=CC(=O)C=C3)n2N1. The van der Waals surface area contributed by atoms with Gasteiger partial charge in [0.15, 0.2) is 11.3 Å². The first-order valence-electron chi connectivity index (χ1n) is 6.88. The second-order valence-electron chi connectivity index (χ2n) is 6.10. The summed E-state index contributed by atoms with van der Waals surface area (Å²) >= 11 is 0. The maximum atomic E-state index is 11.2. The number of carbonyl (C=O) groups is 1. The van der Waals surface area contributed by atoms with Crippen molar-refractivity contribution in [2.45, 2.75) is 26.3 Å². The van der Waals surface area contributed by atoms with Crippen LogP contribution in [0.2, 0.25) is 0 Å².